The van der Waals surface area contributed by atoms with Crippen molar-refractivity contribution in [2.75, 3.05) is 12.1 Å². The number of hydrogen-bond acceptors (Lipinski definition) is 5. The van der Waals surface area contributed by atoms with Crippen LogP contribution in [0.25, 0.3) is 0 Å². The Hall–Kier alpha value is -3.51. The number of benzene rings is 2. The van der Waals surface area contributed by atoms with Gasteiger partial charge in [0.1, 0.15) is 12.1 Å². The molecule has 1 N–H and O–H groups in total. The number of fused-ring (bicyclic) bond motifs is 1. The third-order valence-corrected chi connectivity index (χ3v) is 3.62. The molecule has 3 rings (SSSR count). The van der Waals surface area contributed by atoms with Gasteiger partial charge in [0.25, 0.3) is 0 Å². The van der Waals surface area contributed by atoms with E-state index in [1.54, 1.807) is 6.07 Å². The van der Waals surface area contributed by atoms with Crippen LogP contribution >= 0.6 is 0 Å². The summed E-state index contributed by atoms with van der Waals surface area (Å²) in [7, 11) is 0. The van der Waals surface area contributed by atoms with E-state index in [-0.39, 0.29) is 23.8 Å². The lowest BCUT2D eigenvalue weighted by molar-refractivity contribution is -0.116. The number of nitrogens with zero attached hydrogens (tertiary/aromatic N) is 2. The van der Waals surface area contributed by atoms with Crippen molar-refractivity contribution in [2.24, 2.45) is 0 Å². The predicted molar refractivity (Wildman–Crippen MR) is 85.4 cm³/mol. The first-order chi connectivity index (χ1) is 11.7. The molecule has 0 bridgehead atoms. The molecule has 1 aliphatic heterocycles. The van der Waals surface area contributed by atoms with Crippen LogP contribution in [0.4, 0.5) is 5.69 Å². The first kappa shape index (κ1) is 15.4. The predicted octanol–water partition coefficient (Wildman–Crippen LogP) is 2.73. The number of ether oxygens (including phenoxy) is 2. The summed E-state index contributed by atoms with van der Waals surface area (Å²) in [6.45, 7) is 0.221. The molecule has 0 aliphatic carbocycles. The molecule has 0 atom stereocenters. The number of rotatable bonds is 4. The zero-order chi connectivity index (χ0) is 16.9. The topological polar surface area (TPSA) is 95.1 Å². The summed E-state index contributed by atoms with van der Waals surface area (Å²) in [4.78, 5) is 12.1. The fourth-order valence-corrected chi connectivity index (χ4v) is 2.39. The first-order valence-corrected chi connectivity index (χ1v) is 7.32. The van der Waals surface area contributed by atoms with Gasteiger partial charge in [0.05, 0.1) is 11.1 Å². The van der Waals surface area contributed by atoms with Crippen LogP contribution in [0, 0.1) is 22.7 Å². The van der Waals surface area contributed by atoms with Gasteiger partial charge in [0.2, 0.25) is 12.7 Å². The van der Waals surface area contributed by atoms with Crippen molar-refractivity contribution < 1.29 is 14.3 Å². The van der Waals surface area contributed by atoms with E-state index in [1.807, 2.05) is 30.3 Å². The molecule has 6 heteroatoms. The smallest absolute Gasteiger partial charge is 0.231 e. The van der Waals surface area contributed by atoms with Crippen LogP contribution in [-0.4, -0.2) is 12.7 Å². The van der Waals surface area contributed by atoms with Gasteiger partial charge in [-0.1, -0.05) is 6.07 Å². The van der Waals surface area contributed by atoms with Crippen molar-refractivity contribution in [1.29, 1.82) is 10.5 Å². The maximum atomic E-state index is 12.1. The van der Waals surface area contributed by atoms with Crippen molar-refractivity contribution in [1.82, 2.24) is 0 Å². The number of amides is 1. The molecule has 24 heavy (non-hydrogen) atoms. The van der Waals surface area contributed by atoms with Gasteiger partial charge in [-0.2, -0.15) is 10.5 Å². The minimum Gasteiger partial charge on any atom is -0.454 e. The Balaban J connectivity index is 1.60. The van der Waals surface area contributed by atoms with Gasteiger partial charge >= 0.3 is 0 Å². The van der Waals surface area contributed by atoms with Crippen LogP contribution in [0.15, 0.2) is 36.4 Å². The van der Waals surface area contributed by atoms with E-state index >= 15 is 0 Å². The van der Waals surface area contributed by atoms with Gasteiger partial charge in [-0.15, -0.1) is 0 Å². The highest BCUT2D eigenvalue weighted by molar-refractivity contribution is 5.91. The van der Waals surface area contributed by atoms with Crippen LogP contribution < -0.4 is 14.8 Å². The maximum Gasteiger partial charge on any atom is 0.231 e. The van der Waals surface area contributed by atoms with Gasteiger partial charge in [-0.25, -0.2) is 0 Å². The van der Waals surface area contributed by atoms with Crippen molar-refractivity contribution in [3.63, 3.8) is 0 Å². The minimum atomic E-state index is -0.165. The van der Waals surface area contributed by atoms with Gasteiger partial charge < -0.3 is 14.8 Å². The Kier molecular flexibility index (Phi) is 4.31. The van der Waals surface area contributed by atoms with Crippen LogP contribution in [-0.2, 0) is 11.2 Å². The first-order valence-electron chi connectivity index (χ1n) is 7.32. The van der Waals surface area contributed by atoms with E-state index in [0.717, 1.165) is 5.56 Å². The molecule has 0 fully saturated rings. The number of nitrogens with one attached hydrogen (secondary N) is 1. The molecule has 0 radical (unpaired) electrons. The van der Waals surface area contributed by atoms with E-state index < -0.39 is 0 Å². The summed E-state index contributed by atoms with van der Waals surface area (Å²) >= 11 is 0. The molecule has 2 aromatic rings. The lowest BCUT2D eigenvalue weighted by Crippen LogP contribution is -2.12. The second-order valence-corrected chi connectivity index (χ2v) is 5.22. The molecule has 1 amide bonds. The number of carbonyl (C=O) groups excluding carboxylic acids is 1. The molecule has 6 nitrogen and oxygen atoms in total. The Morgan fingerprint density at radius 2 is 1.83 bits per heavy atom. The molecule has 2 aromatic carbocycles. The summed E-state index contributed by atoms with van der Waals surface area (Å²) in [5.74, 6) is 1.24. The molecule has 1 heterocycles. The zero-order valence-electron chi connectivity index (χ0n) is 12.7. The number of carbonyl (C=O) groups is 1. The number of anilines is 1. The second kappa shape index (κ2) is 6.72. The largest absolute Gasteiger partial charge is 0.454 e. The molecule has 0 spiro atoms. The lowest BCUT2D eigenvalue weighted by atomic mass is 10.1. The van der Waals surface area contributed by atoms with E-state index in [4.69, 9.17) is 20.0 Å². The molecule has 0 saturated carbocycles. The second-order valence-electron chi connectivity index (χ2n) is 5.22. The van der Waals surface area contributed by atoms with Gasteiger partial charge in [0.15, 0.2) is 11.5 Å². The molecule has 1 aliphatic rings. The average molecular weight is 319 g/mol. The van der Waals surface area contributed by atoms with Crippen LogP contribution in [0.5, 0.6) is 11.5 Å². The highest BCUT2D eigenvalue weighted by Gasteiger charge is 2.13. The Labute approximate surface area is 138 Å². The van der Waals surface area contributed by atoms with Crippen molar-refractivity contribution in [3.05, 3.63) is 53.1 Å². The lowest BCUT2D eigenvalue weighted by Gasteiger charge is -2.07. The third kappa shape index (κ3) is 3.29. The number of nitriles is 2. The van der Waals surface area contributed by atoms with E-state index in [9.17, 15) is 4.79 Å². The Morgan fingerprint density at radius 3 is 2.62 bits per heavy atom. The quantitative estimate of drug-likeness (QED) is 0.935. The van der Waals surface area contributed by atoms with Gasteiger partial charge in [-0.05, 0) is 42.3 Å². The normalized spacial score (nSPS) is 11.4. The average Bonchev–Trinajstić information content (AvgIpc) is 3.07. The van der Waals surface area contributed by atoms with Crippen LogP contribution in [0.2, 0.25) is 0 Å². The minimum absolute atomic E-state index is 0.165. The van der Waals surface area contributed by atoms with E-state index in [1.165, 1.54) is 12.1 Å². The zero-order valence-corrected chi connectivity index (χ0v) is 12.7. The summed E-state index contributed by atoms with van der Waals surface area (Å²) in [6, 6.07) is 14.1. The van der Waals surface area contributed by atoms with Crippen LogP contribution in [0.1, 0.15) is 23.1 Å². The Bertz CT molecular complexity index is 878. The molecule has 0 aromatic heterocycles. The number of aryl methyl sites for hydroxylation is 1. The van der Waals surface area contributed by atoms with Gasteiger partial charge in [-0.3, -0.25) is 4.79 Å². The van der Waals surface area contributed by atoms with Crippen LogP contribution in [0.3, 0.4) is 0 Å². The molecule has 118 valence electrons. The van der Waals surface area contributed by atoms with Crippen molar-refractivity contribution >= 4 is 11.6 Å². The summed E-state index contributed by atoms with van der Waals surface area (Å²) in [5.41, 5.74) is 2.01. The highest BCUT2D eigenvalue weighted by atomic mass is 16.7. The summed E-state index contributed by atoms with van der Waals surface area (Å²) in [6.07, 6.45) is 0.853. The number of hydrogen-bond donors (Lipinski definition) is 1. The summed E-state index contributed by atoms with van der Waals surface area (Å²) < 4.78 is 10.6. The maximum absolute atomic E-state index is 12.1. The Morgan fingerprint density at radius 1 is 1.04 bits per heavy atom. The SMILES string of the molecule is N#Cc1ccc(NC(=O)CCc2ccc3c(c2)OCO3)cc1C#N. The highest BCUT2D eigenvalue weighted by Crippen LogP contribution is 2.32. The molecular weight excluding hydrogens is 306 g/mol. The van der Waals surface area contributed by atoms with Crippen molar-refractivity contribution in [3.8, 4) is 23.6 Å². The van der Waals surface area contributed by atoms with Gasteiger partial charge in [0, 0.05) is 12.1 Å². The molecular formula is C18H13N3O3. The fraction of sp³-hybridized carbons (Fsp3) is 0.167. The van der Waals surface area contributed by atoms with E-state index in [0.29, 0.717) is 30.0 Å². The standard InChI is InChI=1S/C18H13N3O3/c19-9-13-3-4-15(8-14(13)10-20)21-18(22)6-2-12-1-5-16-17(7-12)24-11-23-16/h1,3-5,7-8H,2,6,11H2,(H,21,22). The molecule has 0 saturated heterocycles. The van der Waals surface area contributed by atoms with Crippen molar-refractivity contribution in [2.45, 2.75) is 12.8 Å². The monoisotopic (exact) mass is 319 g/mol. The molecule has 0 unspecified atom stereocenters. The van der Waals surface area contributed by atoms with E-state index in [2.05, 4.69) is 5.32 Å². The summed E-state index contributed by atoms with van der Waals surface area (Å²) in [5, 5.41) is 20.6. The third-order valence-electron chi connectivity index (χ3n) is 3.62. The fourth-order valence-electron chi connectivity index (χ4n) is 2.39.